The van der Waals surface area contributed by atoms with Crippen molar-refractivity contribution in [2.75, 3.05) is 6.54 Å². The van der Waals surface area contributed by atoms with Crippen molar-refractivity contribution in [2.45, 2.75) is 37.0 Å². The molecule has 0 bridgehead atoms. The Morgan fingerprint density at radius 2 is 2.00 bits per heavy atom. The molecule has 0 unspecified atom stereocenters. The summed E-state index contributed by atoms with van der Waals surface area (Å²) in [5, 5.41) is 20.1. The maximum absolute atomic E-state index is 12.1. The first-order chi connectivity index (χ1) is 9.90. The van der Waals surface area contributed by atoms with E-state index in [9.17, 15) is 23.6 Å². The molecule has 21 heavy (non-hydrogen) atoms. The molecular formula is C13H18N2O5S. The fourth-order valence-electron chi connectivity index (χ4n) is 2.60. The largest absolute Gasteiger partial charge is 0.502 e. The molecule has 0 heterocycles. The van der Waals surface area contributed by atoms with Gasteiger partial charge in [-0.3, -0.25) is 10.1 Å². The van der Waals surface area contributed by atoms with Crippen LogP contribution in [-0.4, -0.2) is 25.0 Å². The van der Waals surface area contributed by atoms with Gasteiger partial charge in [-0.1, -0.05) is 25.7 Å². The number of hydrogen-bond acceptors (Lipinski definition) is 5. The second-order valence-electron chi connectivity index (χ2n) is 5.24. The number of sulfonamides is 1. The Bertz CT molecular complexity index is 623. The van der Waals surface area contributed by atoms with Crippen molar-refractivity contribution < 1.29 is 18.4 Å². The lowest BCUT2D eigenvalue weighted by molar-refractivity contribution is -0.386. The van der Waals surface area contributed by atoms with Crippen LogP contribution in [0.3, 0.4) is 0 Å². The molecule has 1 aliphatic rings. The van der Waals surface area contributed by atoms with Crippen molar-refractivity contribution in [1.29, 1.82) is 0 Å². The molecule has 0 spiro atoms. The number of phenols is 1. The third kappa shape index (κ3) is 3.92. The maximum atomic E-state index is 12.1. The summed E-state index contributed by atoms with van der Waals surface area (Å²) in [5.74, 6) is 0.00626. The molecule has 116 valence electrons. The van der Waals surface area contributed by atoms with Gasteiger partial charge in [-0.15, -0.1) is 0 Å². The molecule has 0 radical (unpaired) electrons. The molecule has 0 aromatic heterocycles. The molecule has 1 aliphatic carbocycles. The van der Waals surface area contributed by atoms with E-state index in [1.54, 1.807) is 0 Å². The van der Waals surface area contributed by atoms with Crippen molar-refractivity contribution in [3.63, 3.8) is 0 Å². The third-order valence-electron chi connectivity index (χ3n) is 3.77. The van der Waals surface area contributed by atoms with E-state index in [0.29, 0.717) is 12.5 Å². The minimum absolute atomic E-state index is 0.210. The summed E-state index contributed by atoms with van der Waals surface area (Å²) < 4.78 is 26.6. The highest BCUT2D eigenvalue weighted by atomic mass is 32.2. The normalized spacial score (nSPS) is 16.2. The predicted octanol–water partition coefficient (Wildman–Crippen LogP) is 2.16. The van der Waals surface area contributed by atoms with Crippen molar-refractivity contribution in [3.8, 4) is 5.75 Å². The SMILES string of the molecule is O=[N+]([O-])c1cc(S(=O)(=O)NCCC2CCCC2)ccc1O. The average Bonchev–Trinajstić information content (AvgIpc) is 2.91. The molecule has 1 fully saturated rings. The number of nitro groups is 1. The standard InChI is InChI=1S/C13H18N2O5S/c16-13-6-5-11(9-12(13)15(17)18)21(19,20)14-8-7-10-3-1-2-4-10/h5-6,9-10,14,16H,1-4,7-8H2. The van der Waals surface area contributed by atoms with Gasteiger partial charge in [-0.2, -0.15) is 0 Å². The van der Waals surface area contributed by atoms with Crippen molar-refractivity contribution in [3.05, 3.63) is 28.3 Å². The fraction of sp³-hybridized carbons (Fsp3) is 0.538. The van der Waals surface area contributed by atoms with E-state index in [4.69, 9.17) is 0 Å². The van der Waals surface area contributed by atoms with Crippen molar-refractivity contribution in [2.24, 2.45) is 5.92 Å². The predicted molar refractivity (Wildman–Crippen MR) is 76.5 cm³/mol. The number of phenolic OH excluding ortho intramolecular Hbond substituents is 1. The van der Waals surface area contributed by atoms with Crippen molar-refractivity contribution in [1.82, 2.24) is 4.72 Å². The van der Waals surface area contributed by atoms with E-state index in [-0.39, 0.29) is 4.90 Å². The van der Waals surface area contributed by atoms with Gasteiger partial charge in [0.15, 0.2) is 5.75 Å². The Hall–Kier alpha value is -1.67. The van der Waals surface area contributed by atoms with Gasteiger partial charge in [-0.05, 0) is 24.5 Å². The lowest BCUT2D eigenvalue weighted by Gasteiger charge is -2.10. The Balaban J connectivity index is 2.04. The Morgan fingerprint density at radius 1 is 1.33 bits per heavy atom. The van der Waals surface area contributed by atoms with Crippen molar-refractivity contribution >= 4 is 15.7 Å². The first-order valence-electron chi connectivity index (χ1n) is 6.87. The molecule has 0 saturated heterocycles. The third-order valence-corrected chi connectivity index (χ3v) is 5.23. The summed E-state index contributed by atoms with van der Waals surface area (Å²) in [5.41, 5.74) is -0.617. The second kappa shape index (κ2) is 6.40. The molecule has 1 aromatic rings. The van der Waals surface area contributed by atoms with Gasteiger partial charge in [-0.25, -0.2) is 13.1 Å². The van der Waals surface area contributed by atoms with E-state index in [0.717, 1.165) is 37.5 Å². The summed E-state index contributed by atoms with van der Waals surface area (Å²) >= 11 is 0. The van der Waals surface area contributed by atoms with Crippen LogP contribution in [0.4, 0.5) is 5.69 Å². The number of benzene rings is 1. The minimum atomic E-state index is -3.79. The van der Waals surface area contributed by atoms with E-state index in [1.165, 1.54) is 12.8 Å². The summed E-state index contributed by atoms with van der Waals surface area (Å²) in [6.45, 7) is 0.321. The second-order valence-corrected chi connectivity index (χ2v) is 7.01. The zero-order valence-corrected chi connectivity index (χ0v) is 12.3. The highest BCUT2D eigenvalue weighted by Crippen LogP contribution is 2.29. The molecular weight excluding hydrogens is 296 g/mol. The molecule has 0 atom stereocenters. The number of rotatable bonds is 6. The first kappa shape index (κ1) is 15.7. The zero-order valence-electron chi connectivity index (χ0n) is 11.5. The molecule has 1 aromatic carbocycles. The van der Waals surface area contributed by atoms with Crippen LogP contribution in [0.5, 0.6) is 5.75 Å². The monoisotopic (exact) mass is 314 g/mol. The molecule has 1 saturated carbocycles. The minimum Gasteiger partial charge on any atom is -0.502 e. The number of nitrogens with zero attached hydrogens (tertiary/aromatic N) is 1. The van der Waals surface area contributed by atoms with Gasteiger partial charge in [0, 0.05) is 12.6 Å². The van der Waals surface area contributed by atoms with E-state index in [1.807, 2.05) is 0 Å². The van der Waals surface area contributed by atoms with E-state index in [2.05, 4.69) is 4.72 Å². The van der Waals surface area contributed by atoms with Crippen LogP contribution < -0.4 is 4.72 Å². The van der Waals surface area contributed by atoms with Gasteiger partial charge in [0.2, 0.25) is 10.0 Å². The fourth-order valence-corrected chi connectivity index (χ4v) is 3.66. The smallest absolute Gasteiger partial charge is 0.312 e. The summed E-state index contributed by atoms with van der Waals surface area (Å²) in [4.78, 5) is 9.70. The highest BCUT2D eigenvalue weighted by molar-refractivity contribution is 7.89. The summed E-state index contributed by atoms with van der Waals surface area (Å²) in [6, 6.07) is 3.04. The molecule has 0 aliphatic heterocycles. The van der Waals surface area contributed by atoms with Gasteiger partial charge in [0.25, 0.3) is 0 Å². The Morgan fingerprint density at radius 3 is 2.62 bits per heavy atom. The van der Waals surface area contributed by atoms with Crippen LogP contribution in [0.15, 0.2) is 23.1 Å². The van der Waals surface area contributed by atoms with Crippen LogP contribution in [-0.2, 0) is 10.0 Å². The topological polar surface area (TPSA) is 110 Å². The summed E-state index contributed by atoms with van der Waals surface area (Å²) in [7, 11) is -3.79. The average molecular weight is 314 g/mol. The lowest BCUT2D eigenvalue weighted by Crippen LogP contribution is -2.26. The maximum Gasteiger partial charge on any atom is 0.312 e. The Kier molecular flexibility index (Phi) is 4.79. The Labute approximate surface area is 123 Å². The van der Waals surface area contributed by atoms with E-state index >= 15 is 0 Å². The highest BCUT2D eigenvalue weighted by Gasteiger charge is 2.21. The van der Waals surface area contributed by atoms with Crippen LogP contribution in [0, 0.1) is 16.0 Å². The molecule has 8 heteroatoms. The molecule has 7 nitrogen and oxygen atoms in total. The number of hydrogen-bond donors (Lipinski definition) is 2. The number of nitrogens with one attached hydrogen (secondary N) is 1. The molecule has 2 rings (SSSR count). The molecule has 2 N–H and O–H groups in total. The van der Waals surface area contributed by atoms with Gasteiger partial charge < -0.3 is 5.11 Å². The zero-order chi connectivity index (χ0) is 15.5. The van der Waals surface area contributed by atoms with Gasteiger partial charge in [0.05, 0.1) is 9.82 Å². The van der Waals surface area contributed by atoms with Crippen LogP contribution in [0.1, 0.15) is 32.1 Å². The first-order valence-corrected chi connectivity index (χ1v) is 8.35. The lowest BCUT2D eigenvalue weighted by atomic mass is 10.1. The summed E-state index contributed by atoms with van der Waals surface area (Å²) in [6.07, 6.45) is 5.43. The number of aromatic hydroxyl groups is 1. The van der Waals surface area contributed by atoms with Gasteiger partial charge in [0.1, 0.15) is 0 Å². The van der Waals surface area contributed by atoms with Crippen LogP contribution >= 0.6 is 0 Å². The number of nitro benzene ring substituents is 1. The molecule has 0 amide bonds. The van der Waals surface area contributed by atoms with Crippen LogP contribution in [0.25, 0.3) is 0 Å². The van der Waals surface area contributed by atoms with E-state index < -0.39 is 26.4 Å². The van der Waals surface area contributed by atoms with Gasteiger partial charge >= 0.3 is 5.69 Å². The van der Waals surface area contributed by atoms with Crippen LogP contribution in [0.2, 0.25) is 0 Å². The quantitative estimate of drug-likeness (QED) is 0.617.